The largest absolute Gasteiger partial charge is 0.508 e. The highest BCUT2D eigenvalue weighted by Gasteiger charge is 2.75. The van der Waals surface area contributed by atoms with Crippen LogP contribution in [-0.2, 0) is 25.7 Å². The maximum atomic E-state index is 13.8. The molecule has 2 aliphatic heterocycles. The van der Waals surface area contributed by atoms with Crippen LogP contribution in [-0.4, -0.2) is 55.3 Å². The highest BCUT2D eigenvalue weighted by atomic mass is 35.5. The van der Waals surface area contributed by atoms with Gasteiger partial charge in [0, 0.05) is 13.0 Å². The van der Waals surface area contributed by atoms with Crippen molar-refractivity contribution in [2.24, 2.45) is 17.8 Å². The molecule has 2 aliphatic carbocycles. The molecule has 2 aromatic carbocycles. The fraction of sp³-hybridized carbons (Fsp3) is 0.357. The molecular formula is C28H24Cl2N2O5. The van der Waals surface area contributed by atoms with E-state index in [4.69, 9.17) is 23.2 Å². The number of allylic oxidation sites excluding steroid dienone is 2. The van der Waals surface area contributed by atoms with Gasteiger partial charge in [0.15, 0.2) is 9.75 Å². The van der Waals surface area contributed by atoms with Crippen molar-refractivity contribution in [1.29, 1.82) is 0 Å². The zero-order valence-corrected chi connectivity index (χ0v) is 21.4. The van der Waals surface area contributed by atoms with E-state index in [0.717, 1.165) is 10.5 Å². The number of phenols is 1. The molecule has 4 amide bonds. The first-order valence-electron chi connectivity index (χ1n) is 12.2. The molecule has 2 saturated heterocycles. The minimum Gasteiger partial charge on any atom is -0.508 e. The monoisotopic (exact) mass is 538 g/mol. The molecule has 37 heavy (non-hydrogen) atoms. The van der Waals surface area contributed by atoms with Gasteiger partial charge in [-0.05, 0) is 42.0 Å². The van der Waals surface area contributed by atoms with Gasteiger partial charge in [-0.25, -0.2) is 0 Å². The highest BCUT2D eigenvalue weighted by Crippen LogP contribution is 2.65. The number of halogens is 2. The van der Waals surface area contributed by atoms with Crippen molar-refractivity contribution in [3.63, 3.8) is 0 Å². The molecule has 0 aromatic heterocycles. The fourth-order valence-electron chi connectivity index (χ4n) is 6.81. The van der Waals surface area contributed by atoms with Gasteiger partial charge in [0.2, 0.25) is 11.8 Å². The second-order valence-corrected chi connectivity index (χ2v) is 11.6. The molecule has 6 atom stereocenters. The molecular weight excluding hydrogens is 515 g/mol. The van der Waals surface area contributed by atoms with Crippen LogP contribution in [0.5, 0.6) is 5.75 Å². The summed E-state index contributed by atoms with van der Waals surface area (Å²) in [6, 6.07) is 15.6. The number of imide groups is 2. The molecule has 1 N–H and O–H groups in total. The number of carbonyl (C=O) groups is 4. The Morgan fingerprint density at radius 2 is 1.68 bits per heavy atom. The summed E-state index contributed by atoms with van der Waals surface area (Å²) in [6.07, 6.45) is 2.14. The normalized spacial score (nSPS) is 34.8. The number of hydrogen-bond donors (Lipinski definition) is 1. The third-order valence-electron chi connectivity index (χ3n) is 8.49. The van der Waals surface area contributed by atoms with Crippen molar-refractivity contribution in [3.05, 3.63) is 77.4 Å². The lowest BCUT2D eigenvalue weighted by atomic mass is 9.56. The van der Waals surface area contributed by atoms with Crippen LogP contribution in [0, 0.1) is 17.8 Å². The summed E-state index contributed by atoms with van der Waals surface area (Å²) >= 11 is 14.2. The van der Waals surface area contributed by atoms with Gasteiger partial charge in [0.1, 0.15) is 5.75 Å². The molecule has 0 unspecified atom stereocenters. The average molecular weight is 539 g/mol. The van der Waals surface area contributed by atoms with Gasteiger partial charge in [-0.3, -0.25) is 29.0 Å². The topological polar surface area (TPSA) is 95.0 Å². The summed E-state index contributed by atoms with van der Waals surface area (Å²) in [4.78, 5) is 52.7. The van der Waals surface area contributed by atoms with Crippen molar-refractivity contribution in [1.82, 2.24) is 9.80 Å². The van der Waals surface area contributed by atoms with E-state index in [1.54, 1.807) is 12.1 Å². The van der Waals surface area contributed by atoms with E-state index in [1.807, 2.05) is 36.4 Å². The number of aromatic hydroxyl groups is 1. The number of alkyl halides is 2. The first-order chi connectivity index (χ1) is 17.6. The third kappa shape index (κ3) is 3.13. The average Bonchev–Trinajstić information content (AvgIpc) is 3.19. The number of fused-ring (bicyclic) bond motifs is 4. The Hall–Kier alpha value is -3.16. The van der Waals surface area contributed by atoms with E-state index in [2.05, 4.69) is 0 Å². The quantitative estimate of drug-likeness (QED) is 0.366. The van der Waals surface area contributed by atoms with Gasteiger partial charge in [-0.1, -0.05) is 54.1 Å². The predicted molar refractivity (Wildman–Crippen MR) is 136 cm³/mol. The lowest BCUT2D eigenvalue weighted by molar-refractivity contribution is -0.141. The molecule has 0 radical (unpaired) electrons. The summed E-state index contributed by atoms with van der Waals surface area (Å²) in [5, 5.41) is 10.2. The lowest BCUT2D eigenvalue weighted by Gasteiger charge is -2.50. The summed E-state index contributed by atoms with van der Waals surface area (Å²) in [6.45, 7) is 0.162. The number of benzene rings is 2. The second kappa shape index (κ2) is 8.17. The molecule has 9 heteroatoms. The molecule has 0 bridgehead atoms. The van der Waals surface area contributed by atoms with Crippen molar-refractivity contribution >= 4 is 46.8 Å². The molecule has 190 valence electrons. The lowest BCUT2D eigenvalue weighted by Crippen LogP contribution is -2.60. The molecule has 3 fully saturated rings. The van der Waals surface area contributed by atoms with Gasteiger partial charge in [-0.2, -0.15) is 0 Å². The molecule has 7 nitrogen and oxygen atoms in total. The first kappa shape index (κ1) is 24.2. The van der Waals surface area contributed by atoms with E-state index in [0.29, 0.717) is 17.6 Å². The summed E-state index contributed by atoms with van der Waals surface area (Å²) in [7, 11) is 1.35. The Bertz CT molecular complexity index is 1390. The van der Waals surface area contributed by atoms with E-state index in [1.165, 1.54) is 24.1 Å². The zero-order chi connectivity index (χ0) is 26.3. The molecule has 2 heterocycles. The van der Waals surface area contributed by atoms with E-state index >= 15 is 0 Å². The van der Waals surface area contributed by atoms with Crippen LogP contribution >= 0.6 is 23.2 Å². The van der Waals surface area contributed by atoms with Crippen LogP contribution in [0.2, 0.25) is 0 Å². The van der Waals surface area contributed by atoms with Gasteiger partial charge in [-0.15, -0.1) is 23.2 Å². The van der Waals surface area contributed by atoms with Crippen LogP contribution in [0.4, 0.5) is 0 Å². The molecule has 0 spiro atoms. The van der Waals surface area contributed by atoms with Crippen molar-refractivity contribution in [3.8, 4) is 5.75 Å². The smallest absolute Gasteiger partial charge is 0.253 e. The predicted octanol–water partition coefficient (Wildman–Crippen LogP) is 3.58. The van der Waals surface area contributed by atoms with Crippen molar-refractivity contribution < 1.29 is 24.3 Å². The van der Waals surface area contributed by atoms with E-state index < -0.39 is 45.2 Å². The zero-order valence-electron chi connectivity index (χ0n) is 19.9. The minimum atomic E-state index is -1.85. The number of amides is 4. The number of phenolic OH excluding ortho intramolecular Hbond substituents is 1. The molecule has 4 aliphatic rings. The highest BCUT2D eigenvalue weighted by molar-refractivity contribution is 6.53. The minimum absolute atomic E-state index is 0.0272. The number of carbonyl (C=O) groups excluding carboxylic acids is 4. The van der Waals surface area contributed by atoms with Crippen LogP contribution in [0.1, 0.15) is 29.9 Å². The SMILES string of the molecule is CN1C(=O)[C@]2(Cl)C[C@@H]3C(=CC[C@@H]4C(=O)N(Cc5ccccc5)C(=O)[C@@H]43)[C@H](c3cccc(O)c3)[C@]2(Cl)C1=O. The Balaban J connectivity index is 1.47. The molecule has 6 rings (SSSR count). The van der Waals surface area contributed by atoms with E-state index in [-0.39, 0.29) is 30.5 Å². The van der Waals surface area contributed by atoms with Crippen molar-refractivity contribution in [2.75, 3.05) is 7.05 Å². The summed E-state index contributed by atoms with van der Waals surface area (Å²) in [5.41, 5.74) is 2.06. The summed E-state index contributed by atoms with van der Waals surface area (Å²) < 4.78 is 0. The Morgan fingerprint density at radius 1 is 0.946 bits per heavy atom. The Morgan fingerprint density at radius 3 is 2.38 bits per heavy atom. The molecule has 2 aromatic rings. The third-order valence-corrected chi connectivity index (χ3v) is 9.91. The van der Waals surface area contributed by atoms with Crippen LogP contribution in [0.3, 0.4) is 0 Å². The van der Waals surface area contributed by atoms with Gasteiger partial charge in [0.25, 0.3) is 11.8 Å². The number of hydrogen-bond acceptors (Lipinski definition) is 5. The second-order valence-electron chi connectivity index (χ2n) is 10.3. The molecule has 1 saturated carbocycles. The maximum Gasteiger partial charge on any atom is 0.253 e. The summed E-state index contributed by atoms with van der Waals surface area (Å²) in [5.74, 6) is -4.58. The van der Waals surface area contributed by atoms with E-state index in [9.17, 15) is 24.3 Å². The number of rotatable bonds is 3. The Labute approximate surface area is 223 Å². The van der Waals surface area contributed by atoms with Crippen LogP contribution in [0.25, 0.3) is 0 Å². The Kier molecular flexibility index (Phi) is 5.34. The van der Waals surface area contributed by atoms with Crippen molar-refractivity contribution in [2.45, 2.75) is 35.1 Å². The van der Waals surface area contributed by atoms with Gasteiger partial charge in [0.05, 0.1) is 18.4 Å². The van der Waals surface area contributed by atoms with Crippen LogP contribution in [0.15, 0.2) is 66.2 Å². The number of nitrogens with zero attached hydrogens (tertiary/aromatic N) is 2. The number of likely N-dealkylation sites (tertiary alicyclic amines) is 2. The standard InChI is InChI=1S/C28H24Cl2N2O5/c1-31-25(36)27(29)13-20-18(22(28(27,30)26(31)37)16-8-5-9-17(33)12-16)10-11-19-21(20)24(35)32(23(19)34)14-15-6-3-2-4-7-15/h2-10,12,19-22,33H,11,13-14H2,1H3/t19-,20+,21-,22-,27+,28-/m0/s1. The first-order valence-corrected chi connectivity index (χ1v) is 12.9. The maximum absolute atomic E-state index is 13.8. The van der Waals surface area contributed by atoms with Crippen LogP contribution < -0.4 is 0 Å². The van der Waals surface area contributed by atoms with Gasteiger partial charge >= 0.3 is 0 Å². The fourth-order valence-corrected chi connectivity index (χ4v) is 7.83. The van der Waals surface area contributed by atoms with Gasteiger partial charge < -0.3 is 5.11 Å².